The maximum atomic E-state index is 4.73. The summed E-state index contributed by atoms with van der Waals surface area (Å²) in [7, 11) is 0. The topological polar surface area (TPSA) is 36.4 Å². The molecule has 0 spiro atoms. The number of thioether (sulfide) groups is 1. The van der Waals surface area contributed by atoms with Crippen LogP contribution < -0.4 is 10.6 Å². The lowest BCUT2D eigenvalue weighted by Gasteiger charge is -2.20. The summed E-state index contributed by atoms with van der Waals surface area (Å²) in [6, 6.07) is 10.8. The zero-order chi connectivity index (χ0) is 16.0. The normalized spacial score (nSPS) is 20.6. The Morgan fingerprint density at radius 3 is 2.57 bits per heavy atom. The molecule has 2 N–H and O–H groups in total. The minimum absolute atomic E-state index is 0. The number of benzene rings is 1. The van der Waals surface area contributed by atoms with Crippen molar-refractivity contribution in [2.45, 2.75) is 37.9 Å². The highest BCUT2D eigenvalue weighted by molar-refractivity contribution is 14.0. The second-order valence-electron chi connectivity index (χ2n) is 6.55. The van der Waals surface area contributed by atoms with E-state index in [-0.39, 0.29) is 28.7 Å². The molecule has 2 atom stereocenters. The molecule has 1 aliphatic carbocycles. The van der Waals surface area contributed by atoms with Crippen molar-refractivity contribution in [3.63, 3.8) is 0 Å². The Bertz CT molecular complexity index is 490. The molecule has 1 aliphatic rings. The van der Waals surface area contributed by atoms with Gasteiger partial charge in [-0.15, -0.1) is 24.0 Å². The molecule has 0 radical (unpaired) electrons. The second kappa shape index (κ2) is 9.77. The van der Waals surface area contributed by atoms with Crippen molar-refractivity contribution < 1.29 is 0 Å². The van der Waals surface area contributed by atoms with E-state index in [4.69, 9.17) is 4.99 Å². The van der Waals surface area contributed by atoms with E-state index in [9.17, 15) is 0 Å². The van der Waals surface area contributed by atoms with E-state index in [0.717, 1.165) is 37.4 Å². The first-order valence-corrected chi connectivity index (χ1v) is 9.40. The molecule has 2 rings (SSSR count). The quantitative estimate of drug-likeness (QED) is 0.375. The summed E-state index contributed by atoms with van der Waals surface area (Å²) in [4.78, 5) is 4.73. The largest absolute Gasteiger partial charge is 0.357 e. The fourth-order valence-electron chi connectivity index (χ4n) is 2.49. The molecule has 5 heteroatoms. The smallest absolute Gasteiger partial charge is 0.191 e. The molecule has 0 aliphatic heterocycles. The molecule has 3 nitrogen and oxygen atoms in total. The standard InChI is InChI=1S/C18H29N3S.HI/c1-5-19-17(21-13-18(2,3)22-4)20-12-15-11-16(15)14-9-7-6-8-10-14;/h6-10,15-16H,5,11-13H2,1-4H3,(H2,19,20,21);1H. The van der Waals surface area contributed by atoms with Gasteiger partial charge in [0.15, 0.2) is 5.96 Å². The van der Waals surface area contributed by atoms with Crippen LogP contribution in [0.15, 0.2) is 35.3 Å². The molecule has 0 amide bonds. The van der Waals surface area contributed by atoms with Crippen molar-refractivity contribution >= 4 is 41.7 Å². The van der Waals surface area contributed by atoms with Crippen LogP contribution in [0.5, 0.6) is 0 Å². The van der Waals surface area contributed by atoms with Crippen LogP contribution in [0.1, 0.15) is 38.7 Å². The van der Waals surface area contributed by atoms with Crippen LogP contribution in [0.3, 0.4) is 0 Å². The van der Waals surface area contributed by atoms with Crippen LogP contribution in [-0.2, 0) is 0 Å². The van der Waals surface area contributed by atoms with Gasteiger partial charge in [-0.2, -0.15) is 11.8 Å². The van der Waals surface area contributed by atoms with Crippen LogP contribution in [0.2, 0.25) is 0 Å². The summed E-state index contributed by atoms with van der Waals surface area (Å²) < 4.78 is 0.189. The number of nitrogens with one attached hydrogen (secondary N) is 2. The number of hydrogen-bond acceptors (Lipinski definition) is 2. The van der Waals surface area contributed by atoms with E-state index in [2.05, 4.69) is 68.0 Å². The van der Waals surface area contributed by atoms with Crippen LogP contribution in [0.25, 0.3) is 0 Å². The molecule has 0 heterocycles. The molecule has 2 unspecified atom stereocenters. The average Bonchev–Trinajstić information content (AvgIpc) is 3.31. The molecule has 23 heavy (non-hydrogen) atoms. The van der Waals surface area contributed by atoms with E-state index in [1.54, 1.807) is 0 Å². The maximum Gasteiger partial charge on any atom is 0.191 e. The van der Waals surface area contributed by atoms with Gasteiger partial charge in [0.25, 0.3) is 0 Å². The third-order valence-corrected chi connectivity index (χ3v) is 5.43. The number of rotatable bonds is 7. The number of halogens is 1. The van der Waals surface area contributed by atoms with Gasteiger partial charge in [-0.3, -0.25) is 4.99 Å². The summed E-state index contributed by atoms with van der Waals surface area (Å²) in [5, 5.41) is 6.86. The Hall–Kier alpha value is -0.430. The van der Waals surface area contributed by atoms with Gasteiger partial charge >= 0.3 is 0 Å². The predicted octanol–water partition coefficient (Wildman–Crippen LogP) is 4.10. The van der Waals surface area contributed by atoms with Gasteiger partial charge in [-0.05, 0) is 50.8 Å². The first-order valence-electron chi connectivity index (χ1n) is 8.18. The van der Waals surface area contributed by atoms with Crippen molar-refractivity contribution in [1.82, 2.24) is 10.6 Å². The molecule has 0 aromatic heterocycles. The van der Waals surface area contributed by atoms with Crippen molar-refractivity contribution in [3.8, 4) is 0 Å². The first kappa shape index (κ1) is 20.6. The van der Waals surface area contributed by atoms with E-state index in [1.165, 1.54) is 12.0 Å². The molecule has 1 fully saturated rings. The molecule has 0 saturated heterocycles. The first-order chi connectivity index (χ1) is 10.6. The van der Waals surface area contributed by atoms with E-state index in [1.807, 2.05) is 11.8 Å². The Morgan fingerprint density at radius 2 is 1.96 bits per heavy atom. The van der Waals surface area contributed by atoms with Gasteiger partial charge in [-0.25, -0.2) is 0 Å². The molecule has 130 valence electrons. The van der Waals surface area contributed by atoms with Crippen LogP contribution >= 0.6 is 35.7 Å². The lowest BCUT2D eigenvalue weighted by Crippen LogP contribution is -2.39. The molecule has 1 saturated carbocycles. The van der Waals surface area contributed by atoms with Crippen molar-refractivity contribution in [1.29, 1.82) is 0 Å². The maximum absolute atomic E-state index is 4.73. The average molecular weight is 447 g/mol. The van der Waals surface area contributed by atoms with Crippen LogP contribution in [-0.4, -0.2) is 36.6 Å². The van der Waals surface area contributed by atoms with Gasteiger partial charge in [0, 0.05) is 17.8 Å². The predicted molar refractivity (Wildman–Crippen MR) is 114 cm³/mol. The zero-order valence-corrected chi connectivity index (χ0v) is 17.8. The Labute approximate surface area is 162 Å². The third-order valence-electron chi connectivity index (χ3n) is 4.20. The Kier molecular flexibility index (Phi) is 8.75. The highest BCUT2D eigenvalue weighted by Crippen LogP contribution is 2.46. The number of nitrogens with zero attached hydrogens (tertiary/aromatic N) is 1. The summed E-state index contributed by atoms with van der Waals surface area (Å²) in [5.41, 5.74) is 1.47. The molecule has 1 aromatic carbocycles. The zero-order valence-electron chi connectivity index (χ0n) is 14.6. The fourth-order valence-corrected chi connectivity index (χ4v) is 2.68. The monoisotopic (exact) mass is 447 g/mol. The van der Waals surface area contributed by atoms with Gasteiger partial charge in [0.05, 0.1) is 6.54 Å². The van der Waals surface area contributed by atoms with E-state index in [0.29, 0.717) is 0 Å². The van der Waals surface area contributed by atoms with E-state index >= 15 is 0 Å². The number of guanidine groups is 1. The second-order valence-corrected chi connectivity index (χ2v) is 8.07. The summed E-state index contributed by atoms with van der Waals surface area (Å²) in [6.45, 7) is 9.31. The Morgan fingerprint density at radius 1 is 1.26 bits per heavy atom. The van der Waals surface area contributed by atoms with Gasteiger partial charge in [-0.1, -0.05) is 30.3 Å². The molecular weight excluding hydrogens is 417 g/mol. The molecular formula is C18H30IN3S. The lowest BCUT2D eigenvalue weighted by molar-refractivity contribution is 0.693. The van der Waals surface area contributed by atoms with Crippen LogP contribution in [0.4, 0.5) is 0 Å². The Balaban J connectivity index is 0.00000264. The lowest BCUT2D eigenvalue weighted by atomic mass is 10.1. The number of aliphatic imine (C=N–C) groups is 1. The molecule has 0 bridgehead atoms. The van der Waals surface area contributed by atoms with Gasteiger partial charge < -0.3 is 10.6 Å². The summed E-state index contributed by atoms with van der Waals surface area (Å²) in [5.74, 6) is 2.40. The summed E-state index contributed by atoms with van der Waals surface area (Å²) in [6.07, 6.45) is 3.43. The van der Waals surface area contributed by atoms with Crippen molar-refractivity contribution in [2.24, 2.45) is 10.9 Å². The minimum Gasteiger partial charge on any atom is -0.357 e. The third kappa shape index (κ3) is 6.91. The summed E-state index contributed by atoms with van der Waals surface area (Å²) >= 11 is 1.86. The van der Waals surface area contributed by atoms with Crippen LogP contribution in [0, 0.1) is 5.92 Å². The van der Waals surface area contributed by atoms with Gasteiger partial charge in [0.1, 0.15) is 0 Å². The van der Waals surface area contributed by atoms with Crippen molar-refractivity contribution in [3.05, 3.63) is 35.9 Å². The fraction of sp³-hybridized carbons (Fsp3) is 0.611. The highest BCUT2D eigenvalue weighted by Gasteiger charge is 2.37. The van der Waals surface area contributed by atoms with Crippen molar-refractivity contribution in [2.75, 3.05) is 25.9 Å². The highest BCUT2D eigenvalue weighted by atomic mass is 127. The molecule has 1 aromatic rings. The SMILES string of the molecule is CCNC(=NCC(C)(C)SC)NCC1CC1c1ccccc1.I. The number of hydrogen-bond donors (Lipinski definition) is 2. The van der Waals surface area contributed by atoms with E-state index < -0.39 is 0 Å². The minimum atomic E-state index is 0. The van der Waals surface area contributed by atoms with Gasteiger partial charge in [0.2, 0.25) is 0 Å².